The first-order chi connectivity index (χ1) is 8.30. The molecule has 0 aliphatic rings. The minimum atomic E-state index is -5.08. The predicted octanol–water partition coefficient (Wildman–Crippen LogP) is 3.59. The Balaban J connectivity index is 2.53. The fourth-order valence-corrected chi connectivity index (χ4v) is 1.14. The van der Waals surface area contributed by atoms with Crippen molar-refractivity contribution in [2.24, 2.45) is 0 Å². The molecule has 1 nitrogen and oxygen atoms in total. The van der Waals surface area contributed by atoms with Crippen molar-refractivity contribution < 1.29 is 30.9 Å². The second-order valence-corrected chi connectivity index (χ2v) is 3.41. The number of hydrogen-bond acceptors (Lipinski definition) is 1. The molecule has 0 amide bonds. The maximum absolute atomic E-state index is 12.4. The molecular formula is C10H8BF6O-. The molecule has 0 aliphatic heterocycles. The van der Waals surface area contributed by atoms with Gasteiger partial charge in [-0.2, -0.15) is 8.78 Å². The van der Waals surface area contributed by atoms with E-state index in [4.69, 9.17) is 4.74 Å². The number of ether oxygens (including phenoxy) is 1. The third-order valence-corrected chi connectivity index (χ3v) is 2.05. The lowest BCUT2D eigenvalue weighted by Gasteiger charge is -2.15. The highest BCUT2D eigenvalue weighted by molar-refractivity contribution is 6.73. The molecule has 0 aromatic heterocycles. The first-order valence-corrected chi connectivity index (χ1v) is 4.93. The fourth-order valence-electron chi connectivity index (χ4n) is 1.14. The number of halogens is 6. The van der Waals surface area contributed by atoms with Crippen molar-refractivity contribution in [3.05, 3.63) is 36.2 Å². The van der Waals surface area contributed by atoms with Crippen LogP contribution in [0, 0.1) is 0 Å². The minimum Gasteiger partial charge on any atom is -0.493 e. The molecule has 100 valence electrons. The summed E-state index contributed by atoms with van der Waals surface area (Å²) in [6, 6.07) is 3.74. The largest absolute Gasteiger partial charge is 0.509 e. The van der Waals surface area contributed by atoms with E-state index in [1.54, 1.807) is 0 Å². The smallest absolute Gasteiger partial charge is 0.493 e. The first-order valence-electron chi connectivity index (χ1n) is 4.93. The molecule has 0 unspecified atom stereocenters. The van der Waals surface area contributed by atoms with Crippen molar-refractivity contribution in [2.75, 3.05) is 6.61 Å². The van der Waals surface area contributed by atoms with Gasteiger partial charge in [0.25, 0.3) is 0 Å². The molecule has 1 rings (SSSR count). The molecule has 0 saturated heterocycles. The lowest BCUT2D eigenvalue weighted by molar-refractivity contribution is 0.295. The van der Waals surface area contributed by atoms with Gasteiger partial charge in [-0.15, -0.1) is 5.46 Å². The summed E-state index contributed by atoms with van der Waals surface area (Å²) in [7, 11) is 0. The van der Waals surface area contributed by atoms with E-state index in [0.29, 0.717) is 0 Å². The normalized spacial score (nSPS) is 11.2. The van der Waals surface area contributed by atoms with Crippen LogP contribution < -0.4 is 10.2 Å². The number of hydrogen-bond donors (Lipinski definition) is 0. The van der Waals surface area contributed by atoms with E-state index in [0.717, 1.165) is 24.3 Å². The topological polar surface area (TPSA) is 9.23 Å². The molecule has 0 aliphatic carbocycles. The minimum absolute atomic E-state index is 0.0610. The van der Waals surface area contributed by atoms with Gasteiger partial charge >= 0.3 is 13.1 Å². The molecule has 8 heteroatoms. The molecular weight excluding hydrogens is 261 g/mol. The quantitative estimate of drug-likeness (QED) is 0.586. The van der Waals surface area contributed by atoms with Crippen LogP contribution in [0.5, 0.6) is 5.75 Å². The summed E-state index contributed by atoms with van der Waals surface area (Å²) in [6.07, 6.45) is -3.05. The van der Waals surface area contributed by atoms with Gasteiger partial charge in [-0.05, 0) is 12.1 Å². The van der Waals surface area contributed by atoms with Gasteiger partial charge in [0.05, 0.1) is 6.61 Å². The molecule has 0 bridgehead atoms. The summed E-state index contributed by atoms with van der Waals surface area (Å²) in [5, 5.41) is 0. The molecule has 18 heavy (non-hydrogen) atoms. The maximum Gasteiger partial charge on any atom is 0.509 e. The predicted molar refractivity (Wildman–Crippen MR) is 55.6 cm³/mol. The van der Waals surface area contributed by atoms with Crippen LogP contribution in [-0.4, -0.2) is 13.6 Å². The SMILES string of the molecule is FC(F)=C(F)CCOc1ccc([B-](F)(F)F)cc1. The zero-order valence-corrected chi connectivity index (χ0v) is 8.98. The first kappa shape index (κ1) is 14.5. The molecule has 0 heterocycles. The van der Waals surface area contributed by atoms with E-state index in [1.165, 1.54) is 0 Å². The van der Waals surface area contributed by atoms with Gasteiger partial charge < -0.3 is 17.7 Å². The Morgan fingerprint density at radius 1 is 1.00 bits per heavy atom. The van der Waals surface area contributed by atoms with Crippen LogP contribution >= 0.6 is 0 Å². The summed E-state index contributed by atoms with van der Waals surface area (Å²) < 4.78 is 77.3. The average molecular weight is 269 g/mol. The van der Waals surface area contributed by atoms with Crippen molar-refractivity contribution in [3.63, 3.8) is 0 Å². The van der Waals surface area contributed by atoms with Crippen molar-refractivity contribution in [1.82, 2.24) is 0 Å². The van der Waals surface area contributed by atoms with Crippen molar-refractivity contribution in [1.29, 1.82) is 0 Å². The van der Waals surface area contributed by atoms with E-state index < -0.39 is 30.8 Å². The van der Waals surface area contributed by atoms with Gasteiger partial charge in [-0.3, -0.25) is 0 Å². The zero-order chi connectivity index (χ0) is 13.8. The van der Waals surface area contributed by atoms with Crippen LogP contribution in [0.15, 0.2) is 36.2 Å². The van der Waals surface area contributed by atoms with Crippen molar-refractivity contribution >= 4 is 12.4 Å². The number of rotatable bonds is 5. The molecule has 1 aromatic carbocycles. The maximum atomic E-state index is 12.4. The summed E-state index contributed by atoms with van der Waals surface area (Å²) in [5.74, 6) is -1.53. The lowest BCUT2D eigenvalue weighted by Crippen LogP contribution is -2.33. The Kier molecular flexibility index (Phi) is 4.69. The van der Waals surface area contributed by atoms with Crippen LogP contribution in [0.1, 0.15) is 6.42 Å². The summed E-state index contributed by atoms with van der Waals surface area (Å²) in [4.78, 5) is 0. The fraction of sp³-hybridized carbons (Fsp3) is 0.200. The molecule has 0 spiro atoms. The standard InChI is InChI=1S/C10H8BF6O/c12-9(10(13)14)5-6-18-8-3-1-7(2-4-8)11(15,16)17/h1-4H,5-6H2/q-1. The Bertz CT molecular complexity index is 421. The van der Waals surface area contributed by atoms with E-state index in [2.05, 4.69) is 0 Å². The van der Waals surface area contributed by atoms with Crippen LogP contribution in [0.4, 0.5) is 26.1 Å². The average Bonchev–Trinajstić information content (AvgIpc) is 2.28. The van der Waals surface area contributed by atoms with Gasteiger partial charge in [0.2, 0.25) is 0 Å². The van der Waals surface area contributed by atoms with E-state index in [-0.39, 0.29) is 12.4 Å². The molecule has 0 radical (unpaired) electrons. The van der Waals surface area contributed by atoms with E-state index in [1.807, 2.05) is 0 Å². The van der Waals surface area contributed by atoms with Gasteiger partial charge in [-0.1, -0.05) is 12.1 Å². The third kappa shape index (κ3) is 4.35. The van der Waals surface area contributed by atoms with Gasteiger partial charge in [0.15, 0.2) is 5.83 Å². The lowest BCUT2D eigenvalue weighted by atomic mass is 9.80. The van der Waals surface area contributed by atoms with Gasteiger partial charge in [0, 0.05) is 6.42 Å². The molecule has 0 fully saturated rings. The van der Waals surface area contributed by atoms with E-state index in [9.17, 15) is 26.1 Å². The van der Waals surface area contributed by atoms with Gasteiger partial charge in [0.1, 0.15) is 5.75 Å². The second-order valence-electron chi connectivity index (χ2n) is 3.41. The summed E-state index contributed by atoms with van der Waals surface area (Å²) >= 11 is 0. The van der Waals surface area contributed by atoms with Crippen LogP contribution in [0.3, 0.4) is 0 Å². The monoisotopic (exact) mass is 269 g/mol. The highest BCUT2D eigenvalue weighted by Crippen LogP contribution is 2.16. The Hall–Kier alpha value is -1.60. The van der Waals surface area contributed by atoms with Crippen LogP contribution in [0.25, 0.3) is 0 Å². The molecule has 1 aromatic rings. The van der Waals surface area contributed by atoms with E-state index >= 15 is 0 Å². The second kappa shape index (κ2) is 5.84. The van der Waals surface area contributed by atoms with Crippen LogP contribution in [-0.2, 0) is 0 Å². The Labute approximate surface area is 99.1 Å². The third-order valence-electron chi connectivity index (χ3n) is 2.05. The molecule has 0 saturated carbocycles. The van der Waals surface area contributed by atoms with Crippen LogP contribution in [0.2, 0.25) is 0 Å². The highest BCUT2D eigenvalue weighted by atomic mass is 19.4. The Morgan fingerprint density at radius 2 is 1.56 bits per heavy atom. The van der Waals surface area contributed by atoms with Crippen molar-refractivity contribution in [2.45, 2.75) is 6.42 Å². The number of benzene rings is 1. The zero-order valence-electron chi connectivity index (χ0n) is 8.98. The molecule has 0 atom stereocenters. The Morgan fingerprint density at radius 3 is 2.00 bits per heavy atom. The summed E-state index contributed by atoms with van der Waals surface area (Å²) in [6.45, 7) is -5.45. The van der Waals surface area contributed by atoms with Crippen molar-refractivity contribution in [3.8, 4) is 5.75 Å². The highest BCUT2D eigenvalue weighted by Gasteiger charge is 2.24. The molecule has 0 N–H and O–H groups in total. The summed E-state index contributed by atoms with van der Waals surface area (Å²) in [5.41, 5.74) is -0.789. The van der Waals surface area contributed by atoms with Gasteiger partial charge in [-0.25, -0.2) is 4.39 Å².